The number of ether oxygens (including phenoxy) is 1. The van der Waals surface area contributed by atoms with Crippen molar-refractivity contribution < 1.29 is 4.74 Å². The summed E-state index contributed by atoms with van der Waals surface area (Å²) in [5, 5.41) is 3.48. The Bertz CT molecular complexity index is 398. The van der Waals surface area contributed by atoms with E-state index in [1.165, 1.54) is 11.1 Å². The number of hydrogen-bond acceptors (Lipinski definition) is 2. The van der Waals surface area contributed by atoms with Crippen LogP contribution in [0.25, 0.3) is 0 Å². The van der Waals surface area contributed by atoms with Crippen molar-refractivity contribution in [1.29, 1.82) is 0 Å². The highest BCUT2D eigenvalue weighted by molar-refractivity contribution is 5.33. The molecule has 0 unspecified atom stereocenters. The number of nitrogens with one attached hydrogen (secondary N) is 1. The summed E-state index contributed by atoms with van der Waals surface area (Å²) in [7, 11) is 0. The number of allylic oxidation sites excluding steroid dienone is 1. The molecule has 2 nitrogen and oxygen atoms in total. The van der Waals surface area contributed by atoms with Crippen LogP contribution in [-0.2, 0) is 6.54 Å². The molecule has 0 saturated carbocycles. The van der Waals surface area contributed by atoms with Gasteiger partial charge in [-0.1, -0.05) is 23.8 Å². The van der Waals surface area contributed by atoms with Crippen LogP contribution in [0.3, 0.4) is 0 Å². The summed E-state index contributed by atoms with van der Waals surface area (Å²) >= 11 is 0. The molecule has 0 saturated heterocycles. The zero-order valence-corrected chi connectivity index (χ0v) is 12.2. The number of rotatable bonds is 5. The maximum absolute atomic E-state index is 5.80. The normalized spacial score (nSPS) is 11.2. The maximum atomic E-state index is 5.80. The molecule has 0 amide bonds. The zero-order chi connectivity index (χ0) is 13.6. The lowest BCUT2D eigenvalue weighted by Gasteiger charge is -2.21. The van der Waals surface area contributed by atoms with Crippen LogP contribution >= 0.6 is 0 Å². The van der Waals surface area contributed by atoms with E-state index in [9.17, 15) is 0 Å². The average molecular weight is 247 g/mol. The SMILES string of the molecule is CC(C)=CCOc1ccccc1CNC(C)(C)C. The molecule has 0 radical (unpaired) electrons. The van der Waals surface area contributed by atoms with Crippen LogP contribution in [0.15, 0.2) is 35.9 Å². The van der Waals surface area contributed by atoms with Crippen LogP contribution < -0.4 is 10.1 Å². The second kappa shape index (κ2) is 6.60. The summed E-state index contributed by atoms with van der Waals surface area (Å²) in [6.45, 7) is 12.1. The van der Waals surface area contributed by atoms with Gasteiger partial charge in [-0.2, -0.15) is 0 Å². The molecule has 18 heavy (non-hydrogen) atoms. The predicted molar refractivity (Wildman–Crippen MR) is 78.0 cm³/mol. The third-order valence-electron chi connectivity index (χ3n) is 2.51. The highest BCUT2D eigenvalue weighted by atomic mass is 16.5. The molecule has 0 aromatic heterocycles. The van der Waals surface area contributed by atoms with E-state index >= 15 is 0 Å². The highest BCUT2D eigenvalue weighted by Gasteiger charge is 2.10. The highest BCUT2D eigenvalue weighted by Crippen LogP contribution is 2.18. The first-order chi connectivity index (χ1) is 8.38. The van der Waals surface area contributed by atoms with E-state index in [1.54, 1.807) is 0 Å². The summed E-state index contributed by atoms with van der Waals surface area (Å²) in [4.78, 5) is 0. The maximum Gasteiger partial charge on any atom is 0.124 e. The van der Waals surface area contributed by atoms with Crippen LogP contribution in [-0.4, -0.2) is 12.1 Å². The fourth-order valence-corrected chi connectivity index (χ4v) is 1.45. The molecule has 0 aliphatic heterocycles. The largest absolute Gasteiger partial charge is 0.489 e. The second-order valence-corrected chi connectivity index (χ2v) is 5.80. The standard InChI is InChI=1S/C16H25NO/c1-13(2)10-11-18-15-9-7-6-8-14(15)12-17-16(3,4)5/h6-10,17H,11-12H2,1-5H3. The molecule has 2 heteroatoms. The summed E-state index contributed by atoms with van der Waals surface area (Å²) in [5.74, 6) is 0.965. The van der Waals surface area contributed by atoms with E-state index in [0.717, 1.165) is 12.3 Å². The van der Waals surface area contributed by atoms with Crippen molar-refractivity contribution in [2.75, 3.05) is 6.61 Å². The first-order valence-electron chi connectivity index (χ1n) is 6.47. The fraction of sp³-hybridized carbons (Fsp3) is 0.500. The van der Waals surface area contributed by atoms with Gasteiger partial charge in [0.15, 0.2) is 0 Å². The molecule has 1 N–H and O–H groups in total. The van der Waals surface area contributed by atoms with E-state index in [2.05, 4.69) is 52.1 Å². The molecule has 0 spiro atoms. The van der Waals surface area contributed by atoms with Crippen molar-refractivity contribution in [2.24, 2.45) is 0 Å². The Morgan fingerprint density at radius 2 is 1.89 bits per heavy atom. The van der Waals surface area contributed by atoms with Crippen molar-refractivity contribution >= 4 is 0 Å². The Morgan fingerprint density at radius 1 is 1.22 bits per heavy atom. The van der Waals surface area contributed by atoms with Crippen LogP contribution in [0, 0.1) is 0 Å². The van der Waals surface area contributed by atoms with E-state index in [-0.39, 0.29) is 5.54 Å². The number of para-hydroxylation sites is 1. The van der Waals surface area contributed by atoms with Crippen LogP contribution in [0.5, 0.6) is 5.75 Å². The lowest BCUT2D eigenvalue weighted by Crippen LogP contribution is -2.35. The number of benzene rings is 1. The van der Waals surface area contributed by atoms with Crippen LogP contribution in [0.4, 0.5) is 0 Å². The molecule has 0 aliphatic rings. The van der Waals surface area contributed by atoms with Crippen molar-refractivity contribution in [2.45, 2.75) is 46.7 Å². The lowest BCUT2D eigenvalue weighted by molar-refractivity contribution is 0.351. The fourth-order valence-electron chi connectivity index (χ4n) is 1.45. The smallest absolute Gasteiger partial charge is 0.124 e. The summed E-state index contributed by atoms with van der Waals surface area (Å²) < 4.78 is 5.80. The van der Waals surface area contributed by atoms with E-state index in [0.29, 0.717) is 6.61 Å². The van der Waals surface area contributed by atoms with Gasteiger partial charge in [0.2, 0.25) is 0 Å². The average Bonchev–Trinajstić information content (AvgIpc) is 2.26. The van der Waals surface area contributed by atoms with Gasteiger partial charge >= 0.3 is 0 Å². The molecule has 0 atom stereocenters. The molecule has 0 aliphatic carbocycles. The summed E-state index contributed by atoms with van der Waals surface area (Å²) in [6, 6.07) is 8.20. The minimum Gasteiger partial charge on any atom is -0.489 e. The predicted octanol–water partition coefficient (Wildman–Crippen LogP) is 3.92. The Kier molecular flexibility index (Phi) is 5.42. The third-order valence-corrected chi connectivity index (χ3v) is 2.51. The summed E-state index contributed by atoms with van der Waals surface area (Å²) in [5.41, 5.74) is 2.60. The Morgan fingerprint density at radius 3 is 2.50 bits per heavy atom. The molecule has 0 bridgehead atoms. The van der Waals surface area contributed by atoms with Gasteiger partial charge in [0.25, 0.3) is 0 Å². The zero-order valence-electron chi connectivity index (χ0n) is 12.2. The van der Waals surface area contributed by atoms with Gasteiger partial charge in [0.05, 0.1) is 0 Å². The van der Waals surface area contributed by atoms with Crippen molar-refractivity contribution in [3.05, 3.63) is 41.5 Å². The minimum absolute atomic E-state index is 0.118. The quantitative estimate of drug-likeness (QED) is 0.796. The van der Waals surface area contributed by atoms with E-state index in [1.807, 2.05) is 18.2 Å². The Balaban J connectivity index is 2.65. The Hall–Kier alpha value is -1.28. The lowest BCUT2D eigenvalue weighted by atomic mass is 10.1. The van der Waals surface area contributed by atoms with E-state index in [4.69, 9.17) is 4.74 Å². The van der Waals surface area contributed by atoms with Gasteiger partial charge in [0, 0.05) is 17.6 Å². The molecular weight excluding hydrogens is 222 g/mol. The second-order valence-electron chi connectivity index (χ2n) is 5.80. The minimum atomic E-state index is 0.118. The topological polar surface area (TPSA) is 21.3 Å². The van der Waals surface area contributed by atoms with Gasteiger partial charge in [-0.3, -0.25) is 0 Å². The van der Waals surface area contributed by atoms with Crippen molar-refractivity contribution in [3.63, 3.8) is 0 Å². The third kappa shape index (κ3) is 5.87. The van der Waals surface area contributed by atoms with Gasteiger partial charge in [-0.15, -0.1) is 0 Å². The number of hydrogen-bond donors (Lipinski definition) is 1. The Labute approximate surface area is 111 Å². The van der Waals surface area contributed by atoms with Crippen molar-refractivity contribution in [1.82, 2.24) is 5.32 Å². The van der Waals surface area contributed by atoms with E-state index < -0.39 is 0 Å². The molecule has 1 aromatic rings. The molecule has 0 fully saturated rings. The molecule has 100 valence electrons. The van der Waals surface area contributed by atoms with Crippen molar-refractivity contribution in [3.8, 4) is 5.75 Å². The first kappa shape index (κ1) is 14.8. The molecule has 1 rings (SSSR count). The van der Waals surface area contributed by atoms with Gasteiger partial charge in [-0.25, -0.2) is 0 Å². The van der Waals surface area contributed by atoms with Crippen LogP contribution in [0.2, 0.25) is 0 Å². The monoisotopic (exact) mass is 247 g/mol. The van der Waals surface area contributed by atoms with Gasteiger partial charge in [-0.05, 0) is 46.8 Å². The molecule has 0 heterocycles. The molecular formula is C16H25NO. The molecule has 1 aromatic carbocycles. The van der Waals surface area contributed by atoms with Gasteiger partial charge < -0.3 is 10.1 Å². The van der Waals surface area contributed by atoms with Gasteiger partial charge in [0.1, 0.15) is 12.4 Å². The first-order valence-corrected chi connectivity index (χ1v) is 6.47. The summed E-state index contributed by atoms with van der Waals surface area (Å²) in [6.07, 6.45) is 2.09. The van der Waals surface area contributed by atoms with Crippen LogP contribution in [0.1, 0.15) is 40.2 Å².